The second kappa shape index (κ2) is 6.90. The van der Waals surface area contributed by atoms with Gasteiger partial charge in [-0.05, 0) is 42.7 Å². The molecule has 0 aliphatic rings. The van der Waals surface area contributed by atoms with Crippen molar-refractivity contribution < 1.29 is 9.53 Å². The molecule has 2 aromatic rings. The molecule has 2 rings (SSSR count). The van der Waals surface area contributed by atoms with E-state index in [1.54, 1.807) is 6.07 Å². The molecule has 0 atom stereocenters. The van der Waals surface area contributed by atoms with E-state index in [0.717, 1.165) is 17.7 Å². The molecule has 1 amide bonds. The van der Waals surface area contributed by atoms with Crippen LogP contribution in [0.25, 0.3) is 11.3 Å². The lowest BCUT2D eigenvalue weighted by molar-refractivity contribution is 0.0948. The van der Waals surface area contributed by atoms with Gasteiger partial charge < -0.3 is 4.74 Å². The lowest BCUT2D eigenvalue weighted by Crippen LogP contribution is -2.30. The van der Waals surface area contributed by atoms with Crippen LogP contribution in [0.3, 0.4) is 0 Å². The molecule has 0 bridgehead atoms. The molecule has 1 aromatic heterocycles. The van der Waals surface area contributed by atoms with Gasteiger partial charge in [0.2, 0.25) is 0 Å². The predicted molar refractivity (Wildman–Crippen MR) is 80.6 cm³/mol. The highest BCUT2D eigenvalue weighted by Crippen LogP contribution is 2.21. The molecule has 0 aliphatic heterocycles. The monoisotopic (exact) mass is 288 g/mol. The summed E-state index contributed by atoms with van der Waals surface area (Å²) in [5.74, 6) is 6.13. The first kappa shape index (κ1) is 15.1. The van der Waals surface area contributed by atoms with Crippen molar-refractivity contribution in [2.75, 3.05) is 6.61 Å². The molecule has 0 saturated carbocycles. The Balaban J connectivity index is 2.01. The lowest BCUT2D eigenvalue weighted by atomic mass is 10.1. The number of nitrogens with one attached hydrogen (secondary N) is 2. The van der Waals surface area contributed by atoms with Gasteiger partial charge in [0, 0.05) is 5.56 Å². The smallest absolute Gasteiger partial charge is 0.283 e. The van der Waals surface area contributed by atoms with E-state index in [4.69, 9.17) is 10.6 Å². The van der Waals surface area contributed by atoms with Crippen LogP contribution >= 0.6 is 0 Å². The van der Waals surface area contributed by atoms with E-state index in [9.17, 15) is 4.79 Å². The molecule has 1 heterocycles. The fourth-order valence-electron chi connectivity index (χ4n) is 1.80. The Morgan fingerprint density at radius 3 is 2.71 bits per heavy atom. The van der Waals surface area contributed by atoms with Crippen LogP contribution in [0.5, 0.6) is 5.75 Å². The third-order valence-electron chi connectivity index (χ3n) is 3.07. The number of H-pyrrole nitrogens is 1. The van der Waals surface area contributed by atoms with Crippen LogP contribution in [0.15, 0.2) is 30.3 Å². The Morgan fingerprint density at radius 1 is 1.38 bits per heavy atom. The zero-order chi connectivity index (χ0) is 15.2. The van der Waals surface area contributed by atoms with E-state index in [1.165, 1.54) is 0 Å². The summed E-state index contributed by atoms with van der Waals surface area (Å²) in [5.41, 5.74) is 3.97. The number of aromatic nitrogens is 2. The molecule has 6 heteroatoms. The van der Waals surface area contributed by atoms with E-state index in [1.807, 2.05) is 24.3 Å². The fraction of sp³-hybridized carbons (Fsp3) is 0.333. The summed E-state index contributed by atoms with van der Waals surface area (Å²) < 4.78 is 5.66. The summed E-state index contributed by atoms with van der Waals surface area (Å²) in [7, 11) is 0. The van der Waals surface area contributed by atoms with E-state index in [0.29, 0.717) is 23.9 Å². The fourth-order valence-corrected chi connectivity index (χ4v) is 1.80. The molecule has 0 saturated heterocycles. The molecular formula is C15H20N4O2. The molecule has 6 nitrogen and oxygen atoms in total. The van der Waals surface area contributed by atoms with Crippen LogP contribution in [0.4, 0.5) is 0 Å². The summed E-state index contributed by atoms with van der Waals surface area (Å²) in [6.45, 7) is 5.04. The summed E-state index contributed by atoms with van der Waals surface area (Å²) in [4.78, 5) is 11.4. The molecule has 1 aromatic carbocycles. The number of nitrogens with two attached hydrogens (primary N) is 1. The van der Waals surface area contributed by atoms with Gasteiger partial charge in [0.1, 0.15) is 11.4 Å². The van der Waals surface area contributed by atoms with Crippen LogP contribution in [0, 0.1) is 5.92 Å². The first-order valence-electron chi connectivity index (χ1n) is 6.89. The zero-order valence-corrected chi connectivity index (χ0v) is 12.2. The number of hydrogen-bond donors (Lipinski definition) is 3. The molecule has 4 N–H and O–H groups in total. The number of benzene rings is 1. The summed E-state index contributed by atoms with van der Waals surface area (Å²) in [5, 5.41) is 6.73. The van der Waals surface area contributed by atoms with Gasteiger partial charge in [-0.15, -0.1) is 0 Å². The van der Waals surface area contributed by atoms with Gasteiger partial charge in [-0.25, -0.2) is 5.84 Å². The molecule has 0 aliphatic carbocycles. The summed E-state index contributed by atoms with van der Waals surface area (Å²) in [6, 6.07) is 9.26. The maximum Gasteiger partial charge on any atom is 0.283 e. The second-order valence-electron chi connectivity index (χ2n) is 5.20. The van der Waals surface area contributed by atoms with Gasteiger partial charge in [-0.2, -0.15) is 5.10 Å². The maximum absolute atomic E-state index is 11.4. The van der Waals surface area contributed by atoms with Crippen LogP contribution in [-0.4, -0.2) is 22.7 Å². The molecule has 0 radical (unpaired) electrons. The number of ether oxygens (including phenoxy) is 1. The third-order valence-corrected chi connectivity index (χ3v) is 3.07. The van der Waals surface area contributed by atoms with Crippen molar-refractivity contribution in [2.24, 2.45) is 11.8 Å². The average Bonchev–Trinajstić information content (AvgIpc) is 2.96. The van der Waals surface area contributed by atoms with Crippen LogP contribution < -0.4 is 16.0 Å². The molecular weight excluding hydrogens is 268 g/mol. The minimum absolute atomic E-state index is 0.324. The van der Waals surface area contributed by atoms with Gasteiger partial charge in [-0.1, -0.05) is 13.8 Å². The topological polar surface area (TPSA) is 93.0 Å². The number of hydrazine groups is 1. The van der Waals surface area contributed by atoms with Crippen molar-refractivity contribution in [3.63, 3.8) is 0 Å². The Labute approximate surface area is 123 Å². The van der Waals surface area contributed by atoms with Crippen molar-refractivity contribution in [1.82, 2.24) is 15.6 Å². The van der Waals surface area contributed by atoms with Crippen molar-refractivity contribution in [3.8, 4) is 17.0 Å². The Morgan fingerprint density at radius 2 is 2.10 bits per heavy atom. The number of aromatic amines is 1. The van der Waals surface area contributed by atoms with Gasteiger partial charge in [0.15, 0.2) is 0 Å². The summed E-state index contributed by atoms with van der Waals surface area (Å²) in [6.07, 6.45) is 1.03. The Kier molecular flexibility index (Phi) is 4.94. The highest BCUT2D eigenvalue weighted by Gasteiger charge is 2.09. The molecule has 0 unspecified atom stereocenters. The van der Waals surface area contributed by atoms with Crippen molar-refractivity contribution in [3.05, 3.63) is 36.0 Å². The molecule has 0 fully saturated rings. The zero-order valence-electron chi connectivity index (χ0n) is 12.2. The number of carbonyl (C=O) groups excluding carboxylic acids is 1. The maximum atomic E-state index is 11.4. The number of nitrogen functional groups attached to an aromatic ring is 1. The number of rotatable bonds is 6. The first-order chi connectivity index (χ1) is 10.1. The standard InChI is InChI=1S/C15H20N4O2/c1-10(2)7-8-21-12-5-3-11(4-6-12)13-9-14(19-18-13)15(20)17-16/h3-6,9-10H,7-8,16H2,1-2H3,(H,17,20)(H,18,19). The molecule has 21 heavy (non-hydrogen) atoms. The Hall–Kier alpha value is -2.34. The van der Waals surface area contributed by atoms with Crippen molar-refractivity contribution >= 4 is 5.91 Å². The number of carbonyl (C=O) groups is 1. The Bertz CT molecular complexity index is 590. The number of hydrogen-bond acceptors (Lipinski definition) is 4. The van der Waals surface area contributed by atoms with Gasteiger partial charge in [0.25, 0.3) is 5.91 Å². The second-order valence-corrected chi connectivity index (χ2v) is 5.20. The molecule has 0 spiro atoms. The third kappa shape index (κ3) is 4.06. The van der Waals surface area contributed by atoms with Crippen LogP contribution in [0.2, 0.25) is 0 Å². The SMILES string of the molecule is CC(C)CCOc1ccc(-c2cc(C(=O)NN)[nH]n2)cc1. The van der Waals surface area contributed by atoms with Crippen molar-refractivity contribution in [1.29, 1.82) is 0 Å². The number of amides is 1. The summed E-state index contributed by atoms with van der Waals surface area (Å²) >= 11 is 0. The number of nitrogens with zero attached hydrogens (tertiary/aromatic N) is 1. The van der Waals surface area contributed by atoms with Gasteiger partial charge >= 0.3 is 0 Å². The highest BCUT2D eigenvalue weighted by molar-refractivity contribution is 5.92. The first-order valence-corrected chi connectivity index (χ1v) is 6.89. The lowest BCUT2D eigenvalue weighted by Gasteiger charge is -2.08. The van der Waals surface area contributed by atoms with E-state index in [2.05, 4.69) is 29.5 Å². The van der Waals surface area contributed by atoms with Crippen LogP contribution in [0.1, 0.15) is 30.8 Å². The quantitative estimate of drug-likeness (QED) is 0.431. The van der Waals surface area contributed by atoms with Gasteiger partial charge in [-0.3, -0.25) is 15.3 Å². The normalized spacial score (nSPS) is 10.7. The van der Waals surface area contributed by atoms with E-state index in [-0.39, 0.29) is 0 Å². The van der Waals surface area contributed by atoms with E-state index < -0.39 is 5.91 Å². The highest BCUT2D eigenvalue weighted by atomic mass is 16.5. The van der Waals surface area contributed by atoms with Crippen LogP contribution in [-0.2, 0) is 0 Å². The molecule has 112 valence electrons. The largest absolute Gasteiger partial charge is 0.494 e. The van der Waals surface area contributed by atoms with E-state index >= 15 is 0 Å². The van der Waals surface area contributed by atoms with Crippen molar-refractivity contribution in [2.45, 2.75) is 20.3 Å². The van der Waals surface area contributed by atoms with Gasteiger partial charge in [0.05, 0.1) is 12.3 Å². The average molecular weight is 288 g/mol. The minimum atomic E-state index is -0.401. The minimum Gasteiger partial charge on any atom is -0.494 e. The predicted octanol–water partition coefficient (Wildman–Crippen LogP) is 2.11.